The van der Waals surface area contributed by atoms with Crippen LogP contribution < -0.4 is 0 Å². The van der Waals surface area contributed by atoms with E-state index in [1.165, 1.54) is 5.01 Å². The number of amides is 1. The maximum atomic E-state index is 12.9. The topological polar surface area (TPSA) is 87.7 Å². The van der Waals surface area contributed by atoms with Crippen LogP contribution in [0.25, 0.3) is 10.9 Å². The highest BCUT2D eigenvalue weighted by atomic mass is 32.1. The van der Waals surface area contributed by atoms with Gasteiger partial charge in [0.05, 0.1) is 22.1 Å². The fourth-order valence-corrected chi connectivity index (χ4v) is 4.95. The summed E-state index contributed by atoms with van der Waals surface area (Å²) in [6.45, 7) is -0.400. The molecule has 1 amide bonds. The molecule has 0 saturated carbocycles. The number of fused-ring (bicyclic) bond motifs is 1. The highest BCUT2D eigenvalue weighted by Gasteiger charge is 2.34. The van der Waals surface area contributed by atoms with Crippen LogP contribution >= 0.6 is 22.7 Å². The Morgan fingerprint density at radius 3 is 2.73 bits per heavy atom. The van der Waals surface area contributed by atoms with Gasteiger partial charge < -0.3 is 4.74 Å². The molecule has 0 fully saturated rings. The molecular weight excluding hydrogens is 420 g/mol. The molecule has 0 aliphatic carbocycles. The van der Waals surface area contributed by atoms with Crippen molar-refractivity contribution < 1.29 is 14.3 Å². The Balaban J connectivity index is 1.34. The zero-order valence-electron chi connectivity index (χ0n) is 15.6. The highest BCUT2D eigenvalue weighted by Crippen LogP contribution is 2.35. The number of para-hydroxylation sites is 1. The summed E-state index contributed by atoms with van der Waals surface area (Å²) in [5.41, 5.74) is 1.76. The first-order valence-electron chi connectivity index (χ1n) is 9.28. The highest BCUT2D eigenvalue weighted by molar-refractivity contribution is 7.12. The van der Waals surface area contributed by atoms with Gasteiger partial charge in [0.25, 0.3) is 5.91 Å². The molecule has 1 N–H and O–H groups in total. The summed E-state index contributed by atoms with van der Waals surface area (Å²) >= 11 is 3.17. The minimum absolute atomic E-state index is 0.164. The predicted molar refractivity (Wildman–Crippen MR) is 116 cm³/mol. The van der Waals surface area contributed by atoms with E-state index in [1.807, 2.05) is 53.2 Å². The number of nitrogens with zero attached hydrogens (tertiary/aromatic N) is 3. The molecule has 3 aromatic heterocycles. The summed E-state index contributed by atoms with van der Waals surface area (Å²) in [4.78, 5) is 27.5. The Hall–Kier alpha value is -3.30. The molecule has 30 heavy (non-hydrogen) atoms. The average Bonchev–Trinajstić information content (AvgIpc) is 3.56. The van der Waals surface area contributed by atoms with E-state index in [1.54, 1.807) is 28.7 Å². The summed E-state index contributed by atoms with van der Waals surface area (Å²) in [6, 6.07) is 15.0. The average molecular weight is 437 g/mol. The van der Waals surface area contributed by atoms with Gasteiger partial charge in [-0.2, -0.15) is 10.2 Å². The lowest BCUT2D eigenvalue weighted by Crippen LogP contribution is -2.31. The first-order valence-corrected chi connectivity index (χ1v) is 11.0. The number of hydrazone groups is 1. The Labute approximate surface area is 179 Å². The maximum absolute atomic E-state index is 12.9. The summed E-state index contributed by atoms with van der Waals surface area (Å²) in [6.07, 6.45) is 0.630. The number of aromatic amines is 1. The van der Waals surface area contributed by atoms with Crippen molar-refractivity contribution in [2.24, 2.45) is 5.10 Å². The van der Waals surface area contributed by atoms with Crippen LogP contribution in [0, 0.1) is 0 Å². The largest absolute Gasteiger partial charge is 0.451 e. The molecule has 0 radical (unpaired) electrons. The molecule has 4 aromatic rings. The number of hydrogen-bond donors (Lipinski definition) is 1. The van der Waals surface area contributed by atoms with Crippen molar-refractivity contribution in [2.45, 2.75) is 12.5 Å². The first kappa shape index (κ1) is 18.7. The van der Waals surface area contributed by atoms with Gasteiger partial charge in [-0.15, -0.1) is 22.7 Å². The number of nitrogens with one attached hydrogen (secondary N) is 1. The van der Waals surface area contributed by atoms with Crippen LogP contribution in [0.4, 0.5) is 0 Å². The van der Waals surface area contributed by atoms with E-state index in [4.69, 9.17) is 4.74 Å². The normalized spacial score (nSPS) is 16.1. The molecule has 1 atom stereocenters. The van der Waals surface area contributed by atoms with Crippen molar-refractivity contribution >= 4 is 51.2 Å². The third-order valence-corrected chi connectivity index (χ3v) is 6.73. The van der Waals surface area contributed by atoms with Gasteiger partial charge in [-0.3, -0.25) is 9.89 Å². The smallest absolute Gasteiger partial charge is 0.359 e. The van der Waals surface area contributed by atoms with Crippen molar-refractivity contribution in [2.75, 3.05) is 6.61 Å². The van der Waals surface area contributed by atoms with Gasteiger partial charge in [-0.1, -0.05) is 30.3 Å². The third kappa shape index (κ3) is 3.42. The Kier molecular flexibility index (Phi) is 4.89. The lowest BCUT2D eigenvalue weighted by Gasteiger charge is -2.20. The SMILES string of the molecule is O=C(OCC(=O)N1N=C(c2cccs2)C[C@H]1c1cccs1)c1n[nH]c2ccccc12. The van der Waals surface area contributed by atoms with Crippen molar-refractivity contribution in [3.8, 4) is 0 Å². The lowest BCUT2D eigenvalue weighted by molar-refractivity contribution is -0.136. The van der Waals surface area contributed by atoms with Gasteiger partial charge in [-0.05, 0) is 29.0 Å². The number of benzene rings is 1. The zero-order valence-corrected chi connectivity index (χ0v) is 17.3. The predicted octanol–water partition coefficient (Wildman–Crippen LogP) is 4.22. The van der Waals surface area contributed by atoms with Gasteiger partial charge in [0.2, 0.25) is 0 Å². The second-order valence-electron chi connectivity index (χ2n) is 6.69. The van der Waals surface area contributed by atoms with Crippen LogP contribution in [0.15, 0.2) is 64.4 Å². The Bertz CT molecular complexity index is 1230. The van der Waals surface area contributed by atoms with Crippen molar-refractivity contribution in [1.29, 1.82) is 0 Å². The van der Waals surface area contributed by atoms with E-state index in [0.717, 1.165) is 21.0 Å². The van der Waals surface area contributed by atoms with Crippen molar-refractivity contribution in [1.82, 2.24) is 15.2 Å². The minimum Gasteiger partial charge on any atom is -0.451 e. The van der Waals surface area contributed by atoms with Gasteiger partial charge in [0, 0.05) is 16.7 Å². The Morgan fingerprint density at radius 2 is 1.93 bits per heavy atom. The number of aromatic nitrogens is 2. The molecule has 150 valence electrons. The first-order chi connectivity index (χ1) is 14.7. The minimum atomic E-state index is -0.643. The van der Waals surface area contributed by atoms with E-state index in [0.29, 0.717) is 11.8 Å². The second kappa shape index (κ2) is 7.85. The molecule has 4 heterocycles. The number of carbonyl (C=O) groups is 2. The van der Waals surface area contributed by atoms with E-state index >= 15 is 0 Å². The standard InChI is InChI=1S/C21H16N4O3S2/c26-19(12-28-21(27)20-13-5-1-2-6-14(13)22-23-20)25-16(18-8-4-10-30-18)11-15(24-25)17-7-3-9-29-17/h1-10,16H,11-12H2,(H,22,23)/t16-/m0/s1. The zero-order chi connectivity index (χ0) is 20.5. The van der Waals surface area contributed by atoms with Crippen LogP contribution in [0.1, 0.15) is 32.7 Å². The summed E-state index contributed by atoms with van der Waals surface area (Å²) in [7, 11) is 0. The molecule has 1 aromatic carbocycles. The maximum Gasteiger partial charge on any atom is 0.359 e. The molecule has 1 aliphatic heterocycles. The van der Waals surface area contributed by atoms with Crippen LogP contribution in [0.2, 0.25) is 0 Å². The van der Waals surface area contributed by atoms with E-state index in [-0.39, 0.29) is 17.6 Å². The van der Waals surface area contributed by atoms with Gasteiger partial charge in [0.1, 0.15) is 0 Å². The van der Waals surface area contributed by atoms with Gasteiger partial charge >= 0.3 is 5.97 Å². The number of H-pyrrole nitrogens is 1. The lowest BCUT2D eigenvalue weighted by atomic mass is 10.1. The molecule has 0 saturated heterocycles. The number of rotatable bonds is 5. The fourth-order valence-electron chi connectivity index (χ4n) is 3.42. The van der Waals surface area contributed by atoms with Crippen LogP contribution in [0.3, 0.4) is 0 Å². The number of carbonyl (C=O) groups excluding carboxylic acids is 2. The number of thiophene rings is 2. The van der Waals surface area contributed by atoms with Crippen LogP contribution in [-0.2, 0) is 9.53 Å². The monoisotopic (exact) mass is 436 g/mol. The number of ether oxygens (including phenoxy) is 1. The number of hydrogen-bond acceptors (Lipinski definition) is 7. The second-order valence-corrected chi connectivity index (χ2v) is 8.62. The van der Waals surface area contributed by atoms with Gasteiger partial charge in [0.15, 0.2) is 12.3 Å². The third-order valence-electron chi connectivity index (χ3n) is 4.83. The molecule has 1 aliphatic rings. The molecule has 0 bridgehead atoms. The number of esters is 1. The van der Waals surface area contributed by atoms with E-state index in [9.17, 15) is 9.59 Å². The van der Waals surface area contributed by atoms with E-state index < -0.39 is 12.6 Å². The summed E-state index contributed by atoms with van der Waals surface area (Å²) in [5.74, 6) is -1.01. The van der Waals surface area contributed by atoms with E-state index in [2.05, 4.69) is 15.3 Å². The van der Waals surface area contributed by atoms with Crippen LogP contribution in [0.5, 0.6) is 0 Å². The molecule has 7 nitrogen and oxygen atoms in total. The van der Waals surface area contributed by atoms with Crippen LogP contribution in [-0.4, -0.2) is 39.4 Å². The quantitative estimate of drug-likeness (QED) is 0.475. The molecule has 5 rings (SSSR count). The van der Waals surface area contributed by atoms with Crippen molar-refractivity contribution in [3.63, 3.8) is 0 Å². The summed E-state index contributed by atoms with van der Waals surface area (Å²) < 4.78 is 5.28. The Morgan fingerprint density at radius 1 is 1.10 bits per heavy atom. The molecular formula is C21H16N4O3S2. The molecule has 9 heteroatoms. The summed E-state index contributed by atoms with van der Waals surface area (Å²) in [5, 5.41) is 17.4. The molecule has 0 unspecified atom stereocenters. The van der Waals surface area contributed by atoms with Gasteiger partial charge in [-0.25, -0.2) is 9.80 Å². The molecule has 0 spiro atoms. The fraction of sp³-hybridized carbons (Fsp3) is 0.143. The van der Waals surface area contributed by atoms with Crippen molar-refractivity contribution in [3.05, 3.63) is 74.7 Å².